The summed E-state index contributed by atoms with van der Waals surface area (Å²) in [4.78, 5) is 8.06. The quantitative estimate of drug-likeness (QED) is 0.640. The van der Waals surface area contributed by atoms with Crippen molar-refractivity contribution in [2.75, 3.05) is 6.54 Å². The van der Waals surface area contributed by atoms with Gasteiger partial charge < -0.3 is 10.3 Å². The van der Waals surface area contributed by atoms with E-state index in [0.717, 1.165) is 25.9 Å². The number of benzene rings is 1. The average Bonchev–Trinajstić information content (AvgIpc) is 2.83. The molecule has 2 heterocycles. The van der Waals surface area contributed by atoms with E-state index in [-0.39, 0.29) is 12.4 Å². The number of rotatable bonds is 6. The van der Waals surface area contributed by atoms with Crippen LogP contribution in [-0.4, -0.2) is 16.5 Å². The van der Waals surface area contributed by atoms with Crippen molar-refractivity contribution in [3.63, 3.8) is 0 Å². The molecule has 0 unspecified atom stereocenters. The summed E-state index contributed by atoms with van der Waals surface area (Å²) in [6, 6.07) is 10.8. The second-order valence-corrected chi connectivity index (χ2v) is 6.32. The van der Waals surface area contributed by atoms with E-state index in [1.165, 1.54) is 39.0 Å². The Bertz CT molecular complexity index is 808. The number of nitrogens with zero attached hydrogens (tertiary/aromatic N) is 1. The van der Waals surface area contributed by atoms with E-state index >= 15 is 0 Å². The normalized spacial score (nSPS) is 10.8. The monoisotopic (exact) mass is 343 g/mol. The van der Waals surface area contributed by atoms with Crippen LogP contribution in [0.4, 0.5) is 0 Å². The second-order valence-electron chi connectivity index (χ2n) is 6.32. The van der Waals surface area contributed by atoms with Crippen molar-refractivity contribution in [1.29, 1.82) is 0 Å². The van der Waals surface area contributed by atoms with Gasteiger partial charge in [0, 0.05) is 23.8 Å². The molecule has 0 fully saturated rings. The van der Waals surface area contributed by atoms with Crippen LogP contribution in [0.2, 0.25) is 0 Å². The van der Waals surface area contributed by atoms with Crippen LogP contribution in [-0.2, 0) is 13.0 Å². The number of aromatic nitrogens is 2. The zero-order chi connectivity index (χ0) is 16.2. The number of hydrogen-bond donors (Lipinski definition) is 2. The van der Waals surface area contributed by atoms with Gasteiger partial charge >= 0.3 is 0 Å². The van der Waals surface area contributed by atoms with Gasteiger partial charge in [-0.15, -0.1) is 12.4 Å². The number of H-pyrrole nitrogens is 1. The molecule has 3 rings (SSSR count). The first kappa shape index (κ1) is 18.5. The molecule has 0 spiro atoms. The largest absolute Gasteiger partial charge is 0.357 e. The van der Waals surface area contributed by atoms with Crippen LogP contribution >= 0.6 is 12.4 Å². The predicted octanol–water partition coefficient (Wildman–Crippen LogP) is 4.63. The van der Waals surface area contributed by atoms with Gasteiger partial charge in [-0.25, -0.2) is 0 Å². The number of hydrogen-bond acceptors (Lipinski definition) is 2. The lowest BCUT2D eigenvalue weighted by Gasteiger charge is -2.06. The summed E-state index contributed by atoms with van der Waals surface area (Å²) in [5, 5.41) is 4.83. The SMILES string of the molecule is Cc1cccc(CNCCCc2nccc3c(C)c(C)[nH]c23)c1.Cl. The van der Waals surface area contributed by atoms with Gasteiger partial charge in [0.25, 0.3) is 0 Å². The summed E-state index contributed by atoms with van der Waals surface area (Å²) in [6.07, 6.45) is 4.02. The minimum absolute atomic E-state index is 0. The fraction of sp³-hybridized carbons (Fsp3) is 0.350. The average molecular weight is 344 g/mol. The summed E-state index contributed by atoms with van der Waals surface area (Å²) < 4.78 is 0. The van der Waals surface area contributed by atoms with Gasteiger partial charge in [-0.1, -0.05) is 29.8 Å². The van der Waals surface area contributed by atoms with E-state index in [1.54, 1.807) is 0 Å². The molecule has 0 aliphatic heterocycles. The maximum atomic E-state index is 4.57. The molecular formula is C20H26ClN3. The third-order valence-electron chi connectivity index (χ3n) is 4.49. The lowest BCUT2D eigenvalue weighted by Crippen LogP contribution is -2.15. The van der Waals surface area contributed by atoms with E-state index in [2.05, 4.69) is 66.4 Å². The standard InChI is InChI=1S/C20H25N3.ClH/c1-14-6-4-7-17(12-14)13-21-10-5-8-19-20-18(9-11-22-19)15(2)16(3)23-20;/h4,6-7,9,11-12,21,23H,5,8,10,13H2,1-3H3;1H. The fourth-order valence-corrected chi connectivity index (χ4v) is 3.07. The number of aryl methyl sites for hydroxylation is 4. The predicted molar refractivity (Wildman–Crippen MR) is 104 cm³/mol. The number of fused-ring (bicyclic) bond motifs is 1. The summed E-state index contributed by atoms with van der Waals surface area (Å²) in [5.41, 5.74) is 7.63. The zero-order valence-electron chi connectivity index (χ0n) is 14.6. The highest BCUT2D eigenvalue weighted by Crippen LogP contribution is 2.23. The molecule has 3 nitrogen and oxygen atoms in total. The Balaban J connectivity index is 0.00000208. The molecule has 2 N–H and O–H groups in total. The van der Waals surface area contributed by atoms with Gasteiger partial charge in [0.1, 0.15) is 0 Å². The van der Waals surface area contributed by atoms with Crippen molar-refractivity contribution in [2.45, 2.75) is 40.2 Å². The van der Waals surface area contributed by atoms with Gasteiger partial charge in [-0.3, -0.25) is 4.98 Å². The third-order valence-corrected chi connectivity index (χ3v) is 4.49. The van der Waals surface area contributed by atoms with E-state index < -0.39 is 0 Å². The molecule has 2 aromatic heterocycles. The van der Waals surface area contributed by atoms with Crippen LogP contribution in [0.25, 0.3) is 10.9 Å². The summed E-state index contributed by atoms with van der Waals surface area (Å²) in [7, 11) is 0. The molecule has 0 aliphatic rings. The molecule has 0 bridgehead atoms. The number of halogens is 1. The van der Waals surface area contributed by atoms with Crippen molar-refractivity contribution in [3.05, 3.63) is 64.6 Å². The number of aromatic amines is 1. The smallest absolute Gasteiger partial charge is 0.0677 e. The second kappa shape index (κ2) is 8.32. The Morgan fingerprint density at radius 2 is 1.96 bits per heavy atom. The highest BCUT2D eigenvalue weighted by Gasteiger charge is 2.08. The molecule has 24 heavy (non-hydrogen) atoms. The summed E-state index contributed by atoms with van der Waals surface area (Å²) >= 11 is 0. The molecular weight excluding hydrogens is 318 g/mol. The van der Waals surface area contributed by atoms with Gasteiger partial charge in [0.2, 0.25) is 0 Å². The van der Waals surface area contributed by atoms with E-state index in [4.69, 9.17) is 0 Å². The van der Waals surface area contributed by atoms with E-state index in [1.807, 2.05) is 6.20 Å². The van der Waals surface area contributed by atoms with Crippen molar-refractivity contribution >= 4 is 23.3 Å². The third kappa shape index (κ3) is 4.16. The van der Waals surface area contributed by atoms with Crippen LogP contribution < -0.4 is 5.32 Å². The number of pyridine rings is 1. The topological polar surface area (TPSA) is 40.7 Å². The van der Waals surface area contributed by atoms with Crippen LogP contribution in [0.3, 0.4) is 0 Å². The Morgan fingerprint density at radius 3 is 2.75 bits per heavy atom. The van der Waals surface area contributed by atoms with Crippen molar-refractivity contribution < 1.29 is 0 Å². The molecule has 0 aliphatic carbocycles. The van der Waals surface area contributed by atoms with Gasteiger partial charge in [0.05, 0.1) is 11.2 Å². The van der Waals surface area contributed by atoms with Crippen molar-refractivity contribution in [3.8, 4) is 0 Å². The molecule has 0 amide bonds. The highest BCUT2D eigenvalue weighted by molar-refractivity contribution is 5.86. The minimum Gasteiger partial charge on any atom is -0.357 e. The van der Waals surface area contributed by atoms with Crippen LogP contribution in [0.1, 0.15) is 34.5 Å². The molecule has 1 aromatic carbocycles. The lowest BCUT2D eigenvalue weighted by molar-refractivity contribution is 0.646. The summed E-state index contributed by atoms with van der Waals surface area (Å²) in [6.45, 7) is 8.37. The molecule has 0 saturated carbocycles. The lowest BCUT2D eigenvalue weighted by atomic mass is 10.1. The Labute approximate surface area is 150 Å². The van der Waals surface area contributed by atoms with Gasteiger partial charge in [-0.05, 0) is 57.4 Å². The first-order valence-corrected chi connectivity index (χ1v) is 8.34. The highest BCUT2D eigenvalue weighted by atomic mass is 35.5. The Morgan fingerprint density at radius 1 is 1.12 bits per heavy atom. The summed E-state index contributed by atoms with van der Waals surface area (Å²) in [5.74, 6) is 0. The van der Waals surface area contributed by atoms with Crippen LogP contribution in [0, 0.1) is 20.8 Å². The Hall–Kier alpha value is -1.84. The fourth-order valence-electron chi connectivity index (χ4n) is 3.07. The first-order chi connectivity index (χ1) is 11.1. The maximum absolute atomic E-state index is 4.57. The molecule has 0 saturated heterocycles. The van der Waals surface area contributed by atoms with Gasteiger partial charge in [0.15, 0.2) is 0 Å². The van der Waals surface area contributed by atoms with Crippen LogP contribution in [0.15, 0.2) is 36.5 Å². The van der Waals surface area contributed by atoms with Crippen LogP contribution in [0.5, 0.6) is 0 Å². The molecule has 0 atom stereocenters. The zero-order valence-corrected chi connectivity index (χ0v) is 15.5. The van der Waals surface area contributed by atoms with Crippen molar-refractivity contribution in [1.82, 2.24) is 15.3 Å². The maximum Gasteiger partial charge on any atom is 0.0677 e. The van der Waals surface area contributed by atoms with E-state index in [0.29, 0.717) is 0 Å². The molecule has 128 valence electrons. The van der Waals surface area contributed by atoms with Gasteiger partial charge in [-0.2, -0.15) is 0 Å². The molecule has 3 aromatic rings. The Kier molecular flexibility index (Phi) is 6.41. The molecule has 0 radical (unpaired) electrons. The number of nitrogens with one attached hydrogen (secondary N) is 2. The van der Waals surface area contributed by atoms with Crippen molar-refractivity contribution in [2.24, 2.45) is 0 Å². The minimum atomic E-state index is 0. The first-order valence-electron chi connectivity index (χ1n) is 8.34. The van der Waals surface area contributed by atoms with E-state index in [9.17, 15) is 0 Å². The molecule has 4 heteroatoms.